The molecule has 0 aromatic heterocycles. The largest absolute Gasteiger partial charge is 0.409 e. The summed E-state index contributed by atoms with van der Waals surface area (Å²) < 4.78 is 5.31. The maximum Gasteiger partial charge on any atom is 0.233 e. The number of carbonyl (C=O) groups excluding carboxylic acids is 1. The Morgan fingerprint density at radius 2 is 2.11 bits per heavy atom. The van der Waals surface area contributed by atoms with E-state index in [2.05, 4.69) is 10.5 Å². The van der Waals surface area contributed by atoms with Crippen molar-refractivity contribution in [3.8, 4) is 0 Å². The molecule has 0 aliphatic carbocycles. The van der Waals surface area contributed by atoms with Crippen LogP contribution >= 0.6 is 0 Å². The van der Waals surface area contributed by atoms with Crippen LogP contribution in [-0.2, 0) is 9.53 Å². The second kappa shape index (κ2) is 8.74. The molecule has 1 unspecified atom stereocenters. The fourth-order valence-corrected chi connectivity index (χ4v) is 1.39. The molecule has 4 N–H and O–H groups in total. The highest BCUT2D eigenvalue weighted by atomic mass is 16.5. The summed E-state index contributed by atoms with van der Waals surface area (Å²) in [7, 11) is 0. The van der Waals surface area contributed by atoms with Gasteiger partial charge in [-0.05, 0) is 26.2 Å². The second-order valence-electron chi connectivity index (χ2n) is 4.39. The highest BCUT2D eigenvalue weighted by molar-refractivity contribution is 6.06. The molecule has 1 atom stereocenters. The lowest BCUT2D eigenvalue weighted by Gasteiger charge is -2.25. The number of amidine groups is 1. The van der Waals surface area contributed by atoms with Crippen molar-refractivity contribution in [2.45, 2.75) is 40.0 Å². The van der Waals surface area contributed by atoms with Gasteiger partial charge in [0.15, 0.2) is 5.84 Å². The van der Waals surface area contributed by atoms with Gasteiger partial charge in [-0.2, -0.15) is 0 Å². The molecular weight excluding hydrogens is 234 g/mol. The van der Waals surface area contributed by atoms with E-state index in [4.69, 9.17) is 15.7 Å². The predicted molar refractivity (Wildman–Crippen MR) is 70.5 cm³/mol. The number of amides is 1. The Labute approximate surface area is 109 Å². The van der Waals surface area contributed by atoms with Gasteiger partial charge >= 0.3 is 0 Å². The number of hydrogen-bond donors (Lipinski definition) is 3. The first-order chi connectivity index (χ1) is 8.52. The fraction of sp³-hybridized carbons (Fsp3) is 0.833. The van der Waals surface area contributed by atoms with Crippen LogP contribution in [0.25, 0.3) is 0 Å². The second-order valence-corrected chi connectivity index (χ2v) is 4.39. The predicted octanol–water partition coefficient (Wildman–Crippen LogP) is 1.08. The summed E-state index contributed by atoms with van der Waals surface area (Å²) in [6.07, 6.45) is 2.21. The van der Waals surface area contributed by atoms with Crippen LogP contribution in [0, 0.1) is 5.41 Å². The number of nitrogens with one attached hydrogen (secondary N) is 1. The molecule has 0 aliphatic heterocycles. The average molecular weight is 259 g/mol. The highest BCUT2D eigenvalue weighted by Crippen LogP contribution is 2.21. The molecule has 0 rings (SSSR count). The lowest BCUT2D eigenvalue weighted by Crippen LogP contribution is -2.47. The Kier molecular flexibility index (Phi) is 8.11. The molecule has 0 heterocycles. The Hall–Kier alpha value is -1.30. The van der Waals surface area contributed by atoms with Gasteiger partial charge in [0.1, 0.15) is 5.41 Å². The molecule has 0 aromatic carbocycles. The van der Waals surface area contributed by atoms with Crippen LogP contribution < -0.4 is 11.1 Å². The lowest BCUT2D eigenvalue weighted by molar-refractivity contribution is -0.127. The standard InChI is InChI=1S/C12H25N3O3/c1-4-8-18-9-6-7-14-11(16)12(3,5-2)10(13)15-17/h17H,4-9H2,1-3H3,(H2,13,15)(H,14,16). The first-order valence-corrected chi connectivity index (χ1v) is 6.37. The third-order valence-electron chi connectivity index (χ3n) is 2.98. The topological polar surface area (TPSA) is 96.9 Å². The van der Waals surface area contributed by atoms with Gasteiger partial charge in [-0.25, -0.2) is 0 Å². The zero-order valence-corrected chi connectivity index (χ0v) is 11.5. The first-order valence-electron chi connectivity index (χ1n) is 6.37. The van der Waals surface area contributed by atoms with Crippen molar-refractivity contribution >= 4 is 11.7 Å². The molecule has 0 radical (unpaired) electrons. The maximum atomic E-state index is 12.0. The van der Waals surface area contributed by atoms with Crippen molar-refractivity contribution in [1.82, 2.24) is 5.32 Å². The molecule has 18 heavy (non-hydrogen) atoms. The molecule has 106 valence electrons. The molecular formula is C12H25N3O3. The van der Waals surface area contributed by atoms with Crippen LogP contribution in [-0.4, -0.2) is 36.7 Å². The van der Waals surface area contributed by atoms with E-state index in [1.807, 2.05) is 13.8 Å². The van der Waals surface area contributed by atoms with E-state index < -0.39 is 5.41 Å². The highest BCUT2D eigenvalue weighted by Gasteiger charge is 2.35. The van der Waals surface area contributed by atoms with E-state index in [0.717, 1.165) is 19.4 Å². The van der Waals surface area contributed by atoms with Crippen molar-refractivity contribution in [1.29, 1.82) is 0 Å². The number of hydrogen-bond acceptors (Lipinski definition) is 4. The zero-order chi connectivity index (χ0) is 14.0. The van der Waals surface area contributed by atoms with E-state index in [1.165, 1.54) is 0 Å². The lowest BCUT2D eigenvalue weighted by atomic mass is 9.85. The summed E-state index contributed by atoms with van der Waals surface area (Å²) in [6, 6.07) is 0. The van der Waals surface area contributed by atoms with Gasteiger partial charge in [-0.15, -0.1) is 0 Å². The molecule has 0 saturated carbocycles. The Bertz CT molecular complexity index is 282. The summed E-state index contributed by atoms with van der Waals surface area (Å²) in [5, 5.41) is 14.4. The van der Waals surface area contributed by atoms with Crippen molar-refractivity contribution in [3.63, 3.8) is 0 Å². The first kappa shape index (κ1) is 16.7. The minimum Gasteiger partial charge on any atom is -0.409 e. The van der Waals surface area contributed by atoms with Gasteiger partial charge in [0, 0.05) is 19.8 Å². The van der Waals surface area contributed by atoms with E-state index in [0.29, 0.717) is 19.6 Å². The van der Waals surface area contributed by atoms with Gasteiger partial charge in [-0.1, -0.05) is 19.0 Å². The van der Waals surface area contributed by atoms with E-state index in [1.54, 1.807) is 6.92 Å². The van der Waals surface area contributed by atoms with Crippen LogP contribution in [0.2, 0.25) is 0 Å². The van der Waals surface area contributed by atoms with Crippen LogP contribution in [0.4, 0.5) is 0 Å². The minimum absolute atomic E-state index is 0.0651. The summed E-state index contributed by atoms with van der Waals surface area (Å²) in [5.41, 5.74) is 4.59. The Morgan fingerprint density at radius 3 is 2.61 bits per heavy atom. The molecule has 1 amide bonds. The Balaban J connectivity index is 4.07. The molecule has 6 nitrogen and oxygen atoms in total. The van der Waals surface area contributed by atoms with Crippen molar-refractivity contribution in [2.75, 3.05) is 19.8 Å². The summed E-state index contributed by atoms with van der Waals surface area (Å²) in [6.45, 7) is 7.42. The van der Waals surface area contributed by atoms with Crippen LogP contribution in [0.1, 0.15) is 40.0 Å². The summed E-state index contributed by atoms with van der Waals surface area (Å²) in [4.78, 5) is 12.0. The molecule has 0 bridgehead atoms. The van der Waals surface area contributed by atoms with Gasteiger partial charge in [0.2, 0.25) is 5.91 Å². The third kappa shape index (κ3) is 4.91. The number of oxime groups is 1. The Morgan fingerprint density at radius 1 is 1.44 bits per heavy atom. The third-order valence-corrected chi connectivity index (χ3v) is 2.98. The molecule has 0 aliphatic rings. The van der Waals surface area contributed by atoms with Crippen LogP contribution in [0.5, 0.6) is 0 Å². The van der Waals surface area contributed by atoms with Crippen LogP contribution in [0.3, 0.4) is 0 Å². The summed E-state index contributed by atoms with van der Waals surface area (Å²) >= 11 is 0. The van der Waals surface area contributed by atoms with Crippen molar-refractivity contribution < 1.29 is 14.7 Å². The number of nitrogens with two attached hydrogens (primary N) is 1. The van der Waals surface area contributed by atoms with Gasteiger partial charge in [0.05, 0.1) is 0 Å². The van der Waals surface area contributed by atoms with Crippen molar-refractivity contribution in [2.24, 2.45) is 16.3 Å². The van der Waals surface area contributed by atoms with Gasteiger partial charge in [-0.3, -0.25) is 4.79 Å². The van der Waals surface area contributed by atoms with Gasteiger partial charge in [0.25, 0.3) is 0 Å². The zero-order valence-electron chi connectivity index (χ0n) is 11.5. The monoisotopic (exact) mass is 259 g/mol. The van der Waals surface area contributed by atoms with Crippen LogP contribution in [0.15, 0.2) is 5.16 Å². The SMILES string of the molecule is CCCOCCCNC(=O)C(C)(CC)C(N)=NO. The fourth-order valence-electron chi connectivity index (χ4n) is 1.39. The molecule has 0 aromatic rings. The average Bonchev–Trinajstić information content (AvgIpc) is 2.40. The quantitative estimate of drug-likeness (QED) is 0.190. The number of ether oxygens (including phenoxy) is 1. The number of nitrogens with zero attached hydrogens (tertiary/aromatic N) is 1. The molecule has 0 fully saturated rings. The van der Waals surface area contributed by atoms with E-state index >= 15 is 0 Å². The summed E-state index contributed by atoms with van der Waals surface area (Å²) in [5.74, 6) is -0.291. The maximum absolute atomic E-state index is 12.0. The van der Waals surface area contributed by atoms with E-state index in [9.17, 15) is 4.79 Å². The van der Waals surface area contributed by atoms with Gasteiger partial charge < -0.3 is 21.0 Å². The number of carbonyl (C=O) groups is 1. The smallest absolute Gasteiger partial charge is 0.233 e. The van der Waals surface area contributed by atoms with E-state index in [-0.39, 0.29) is 11.7 Å². The molecule has 0 spiro atoms. The normalized spacial score (nSPS) is 15.2. The molecule has 6 heteroatoms. The van der Waals surface area contributed by atoms with Crippen molar-refractivity contribution in [3.05, 3.63) is 0 Å². The molecule has 0 saturated heterocycles. The minimum atomic E-state index is -0.959. The number of rotatable bonds is 9.